The molecule has 8 saturated heterocycles. The van der Waals surface area contributed by atoms with Crippen LogP contribution in [-0.4, -0.2) is 59.9 Å². The number of fused-ring (bicyclic) bond motifs is 4. The Kier molecular flexibility index (Phi) is 7.98. The Labute approximate surface area is 274 Å². The third-order valence-corrected chi connectivity index (χ3v) is 13.8. The Bertz CT molecular complexity index is 1200. The number of rotatable bonds is 6. The molecule has 16 atom stereocenters. The highest BCUT2D eigenvalue weighted by atomic mass is 17.3. The fraction of sp³-hybridized carbons (Fsp3) is 0.972. The zero-order chi connectivity index (χ0) is 32.2. The van der Waals surface area contributed by atoms with E-state index in [1.54, 1.807) is 0 Å². The third-order valence-electron chi connectivity index (χ3n) is 13.8. The van der Waals surface area contributed by atoms with Crippen LogP contribution in [0.15, 0.2) is 5.16 Å². The number of nitrogens with zero attached hydrogens (tertiary/aromatic N) is 1. The summed E-state index contributed by atoms with van der Waals surface area (Å²) in [5, 5.41) is 4.89. The van der Waals surface area contributed by atoms with Gasteiger partial charge < -0.3 is 23.8 Å². The van der Waals surface area contributed by atoms with Crippen LogP contribution in [0, 0.1) is 53.3 Å². The Morgan fingerprint density at radius 1 is 0.696 bits per heavy atom. The number of hydrogen-bond donors (Lipinski definition) is 0. The van der Waals surface area contributed by atoms with Gasteiger partial charge in [-0.15, -0.1) is 0 Å². The van der Waals surface area contributed by atoms with Gasteiger partial charge >= 0.3 is 0 Å². The second-order valence-corrected chi connectivity index (χ2v) is 17.2. The molecule has 10 fully saturated rings. The van der Waals surface area contributed by atoms with E-state index < -0.39 is 35.4 Å². The summed E-state index contributed by atoms with van der Waals surface area (Å²) in [5.41, 5.74) is -0.337. The molecule has 0 amide bonds. The molecule has 0 aromatic rings. The number of hydrogen-bond acceptors (Lipinski definition) is 10. The van der Waals surface area contributed by atoms with E-state index in [2.05, 4.69) is 41.5 Å². The van der Waals surface area contributed by atoms with Gasteiger partial charge in [-0.25, -0.2) is 19.6 Å². The highest BCUT2D eigenvalue weighted by molar-refractivity contribution is 5.89. The minimum atomic E-state index is -0.827. The Balaban J connectivity index is 1.12. The Hall–Kier alpha value is -0.850. The van der Waals surface area contributed by atoms with Crippen LogP contribution in [0.25, 0.3) is 0 Å². The lowest BCUT2D eigenvalue weighted by molar-refractivity contribution is -0.571. The van der Waals surface area contributed by atoms with E-state index in [1.807, 2.05) is 13.8 Å². The van der Waals surface area contributed by atoms with Crippen LogP contribution in [0.3, 0.4) is 0 Å². The highest BCUT2D eigenvalue weighted by Gasteiger charge is 2.71. The summed E-state index contributed by atoms with van der Waals surface area (Å²) in [6, 6.07) is 0. The van der Waals surface area contributed by atoms with Gasteiger partial charge in [0, 0.05) is 31.1 Å². The molecule has 0 aromatic heterocycles. The average molecular weight is 648 g/mol. The van der Waals surface area contributed by atoms with Gasteiger partial charge in [0.25, 0.3) is 0 Å². The molecule has 46 heavy (non-hydrogen) atoms. The summed E-state index contributed by atoms with van der Waals surface area (Å²) in [4.78, 5) is 31.1. The number of oxime groups is 1. The lowest BCUT2D eigenvalue weighted by atomic mass is 9.56. The topological polar surface area (TPSA) is 95.4 Å². The summed E-state index contributed by atoms with van der Waals surface area (Å²) in [6.45, 7) is 18.1. The molecule has 10 aliphatic rings. The van der Waals surface area contributed by atoms with Gasteiger partial charge in [-0.1, -0.05) is 46.7 Å². The van der Waals surface area contributed by atoms with E-state index in [4.69, 9.17) is 48.5 Å². The molecule has 2 saturated carbocycles. The summed E-state index contributed by atoms with van der Waals surface area (Å²) in [7, 11) is 0. The summed E-state index contributed by atoms with van der Waals surface area (Å²) < 4.78 is 27.5. The second-order valence-electron chi connectivity index (χ2n) is 17.2. The molecular formula is C36H57NO9. The van der Waals surface area contributed by atoms with E-state index in [1.165, 1.54) is 6.42 Å². The third kappa shape index (κ3) is 4.74. The van der Waals surface area contributed by atoms with Crippen LogP contribution >= 0.6 is 0 Å². The van der Waals surface area contributed by atoms with E-state index in [0.717, 1.165) is 50.7 Å². The molecule has 4 bridgehead atoms. The van der Waals surface area contributed by atoms with Crippen LogP contribution in [0.4, 0.5) is 0 Å². The second kappa shape index (κ2) is 11.3. The van der Waals surface area contributed by atoms with Crippen LogP contribution in [0.2, 0.25) is 0 Å². The van der Waals surface area contributed by atoms with Crippen molar-refractivity contribution < 1.29 is 43.3 Å². The molecule has 0 radical (unpaired) electrons. The predicted octanol–water partition coefficient (Wildman–Crippen LogP) is 6.91. The molecule has 2 aliphatic carbocycles. The SMILES string of the molecule is CC(C)CO/N=C(/C[C@H]1O[C@@H]2O[C@@]3(C)CC[C@H]4[C@H](C)CC[C@@H]([C@H]1C)[C@@]24OO3)[C@H]1O[C@@H]2O[C@@]3(C)CC[C@H]4[C@H](C)CC[C@@H]([C@H]1C)[C@@]24OO3. The van der Waals surface area contributed by atoms with Crippen molar-refractivity contribution in [3.8, 4) is 0 Å². The first-order valence-corrected chi connectivity index (χ1v) is 18.5. The van der Waals surface area contributed by atoms with Crippen LogP contribution in [0.5, 0.6) is 0 Å². The zero-order valence-electron chi connectivity index (χ0n) is 29.2. The van der Waals surface area contributed by atoms with E-state index in [-0.39, 0.29) is 35.9 Å². The van der Waals surface area contributed by atoms with Gasteiger partial charge in [0.05, 0.1) is 11.8 Å². The first kappa shape index (κ1) is 32.4. The summed E-state index contributed by atoms with van der Waals surface area (Å²) in [6.07, 6.45) is 7.13. The van der Waals surface area contributed by atoms with Crippen molar-refractivity contribution in [2.45, 2.75) is 161 Å². The van der Waals surface area contributed by atoms with Gasteiger partial charge in [-0.05, 0) is 93.8 Å². The molecule has 0 aromatic carbocycles. The maximum Gasteiger partial charge on any atom is 0.201 e. The smallest absolute Gasteiger partial charge is 0.201 e. The molecule has 8 heterocycles. The lowest BCUT2D eigenvalue weighted by Gasteiger charge is -2.61. The molecule has 10 rings (SSSR count). The molecule has 8 aliphatic heterocycles. The van der Waals surface area contributed by atoms with Crippen molar-refractivity contribution in [2.24, 2.45) is 58.4 Å². The van der Waals surface area contributed by atoms with Crippen molar-refractivity contribution in [3.05, 3.63) is 0 Å². The normalized spacial score (nSPS) is 56.2. The Morgan fingerprint density at radius 2 is 1.24 bits per heavy atom. The van der Waals surface area contributed by atoms with E-state index >= 15 is 0 Å². The maximum atomic E-state index is 7.07. The van der Waals surface area contributed by atoms with Crippen molar-refractivity contribution in [1.29, 1.82) is 0 Å². The minimum absolute atomic E-state index is 0.119. The molecule has 260 valence electrons. The molecule has 10 nitrogen and oxygen atoms in total. The van der Waals surface area contributed by atoms with Crippen LogP contribution in [0.1, 0.15) is 113 Å². The highest BCUT2D eigenvalue weighted by Crippen LogP contribution is 2.63. The van der Waals surface area contributed by atoms with Gasteiger partial charge in [0.1, 0.15) is 12.7 Å². The monoisotopic (exact) mass is 647 g/mol. The standard InChI is InChI=1S/C36H57NO9/c1-19(2)18-38-37-28(30-23(6)27-12-10-21(4)25-14-16-34(8)42-32(40-30)36(25,27)46-44-34)17-29-22(5)26-11-9-20(3)24-13-15-33(7)41-31(39-29)35(24,26)45-43-33/h19-27,29-32H,9-18H2,1-8H3/b37-28-/t20-,21-,22-,23-,24+,25+,26+,27+,29-,30+,31-,32-,33-,34-,35-,36-/m1/s1. The fourth-order valence-corrected chi connectivity index (χ4v) is 11.2. The van der Waals surface area contributed by atoms with Crippen LogP contribution in [-0.2, 0) is 43.3 Å². The van der Waals surface area contributed by atoms with Crippen molar-refractivity contribution in [1.82, 2.24) is 0 Å². The van der Waals surface area contributed by atoms with E-state index in [9.17, 15) is 0 Å². The first-order chi connectivity index (χ1) is 21.9. The molecule has 0 unspecified atom stereocenters. The van der Waals surface area contributed by atoms with Crippen molar-refractivity contribution in [2.75, 3.05) is 6.61 Å². The molecule has 2 spiro atoms. The number of ether oxygens (including phenoxy) is 4. The molecule has 10 heteroatoms. The maximum absolute atomic E-state index is 7.07. The van der Waals surface area contributed by atoms with Crippen LogP contribution < -0.4 is 0 Å². The van der Waals surface area contributed by atoms with Crippen molar-refractivity contribution >= 4 is 5.71 Å². The Morgan fingerprint density at radius 3 is 1.80 bits per heavy atom. The fourth-order valence-electron chi connectivity index (χ4n) is 11.2. The van der Waals surface area contributed by atoms with Gasteiger partial charge in [0.2, 0.25) is 11.6 Å². The minimum Gasteiger partial charge on any atom is -0.396 e. The molecule has 0 N–H and O–H groups in total. The van der Waals surface area contributed by atoms with Crippen molar-refractivity contribution in [3.63, 3.8) is 0 Å². The van der Waals surface area contributed by atoms with Gasteiger partial charge in [0.15, 0.2) is 23.8 Å². The quantitative estimate of drug-likeness (QED) is 0.173. The summed E-state index contributed by atoms with van der Waals surface area (Å²) >= 11 is 0. The molecular weight excluding hydrogens is 590 g/mol. The largest absolute Gasteiger partial charge is 0.396 e. The first-order valence-electron chi connectivity index (χ1n) is 18.5. The predicted molar refractivity (Wildman–Crippen MR) is 166 cm³/mol. The van der Waals surface area contributed by atoms with E-state index in [0.29, 0.717) is 42.6 Å². The summed E-state index contributed by atoms with van der Waals surface area (Å²) in [5.74, 6) is 1.16. The van der Waals surface area contributed by atoms with Gasteiger partial charge in [-0.2, -0.15) is 0 Å². The average Bonchev–Trinajstić information content (AvgIpc) is 3.38. The zero-order valence-corrected chi connectivity index (χ0v) is 29.2. The lowest BCUT2D eigenvalue weighted by Crippen LogP contribution is -2.71. The van der Waals surface area contributed by atoms with Gasteiger partial charge in [-0.3, -0.25) is 0 Å².